The van der Waals surface area contributed by atoms with E-state index in [4.69, 9.17) is 12.2 Å². The molecule has 0 atom stereocenters. The monoisotopic (exact) mass is 300 g/mol. The number of nitrogens with zero attached hydrogens (tertiary/aromatic N) is 4. The number of pyridine rings is 1. The molecule has 21 heavy (non-hydrogen) atoms. The summed E-state index contributed by atoms with van der Waals surface area (Å²) in [5.41, 5.74) is 1.37. The lowest BCUT2D eigenvalue weighted by Crippen LogP contribution is -2.24. The van der Waals surface area contributed by atoms with Crippen molar-refractivity contribution < 1.29 is 5.11 Å². The molecule has 2 aromatic heterocycles. The van der Waals surface area contributed by atoms with E-state index in [0.717, 1.165) is 11.1 Å². The lowest BCUT2D eigenvalue weighted by molar-refractivity contribution is 0.414. The first-order chi connectivity index (χ1) is 10.0. The van der Waals surface area contributed by atoms with Gasteiger partial charge in [-0.3, -0.25) is 13.9 Å². The zero-order chi connectivity index (χ0) is 15.1. The molecule has 3 rings (SSSR count). The van der Waals surface area contributed by atoms with Crippen molar-refractivity contribution in [1.29, 1.82) is 0 Å². The van der Waals surface area contributed by atoms with Crippen LogP contribution in [0.3, 0.4) is 0 Å². The van der Waals surface area contributed by atoms with Crippen molar-refractivity contribution in [2.24, 2.45) is 19.1 Å². The van der Waals surface area contributed by atoms with Crippen molar-refractivity contribution in [2.45, 2.75) is 0 Å². The molecule has 0 fully saturated rings. The van der Waals surface area contributed by atoms with Gasteiger partial charge in [0.05, 0.1) is 0 Å². The van der Waals surface area contributed by atoms with Crippen molar-refractivity contribution in [3.8, 4) is 5.88 Å². The topological polar surface area (TPSA) is 72.4 Å². The van der Waals surface area contributed by atoms with E-state index in [2.05, 4.69) is 9.98 Å². The number of hydrogen-bond donors (Lipinski definition) is 1. The van der Waals surface area contributed by atoms with Crippen LogP contribution in [0, 0.1) is 4.77 Å². The molecule has 0 saturated carbocycles. The lowest BCUT2D eigenvalue weighted by atomic mass is 10.1. The molecule has 0 radical (unpaired) electrons. The standard InChI is InChI=1S/C14H12N4O2S/c1-17-12(19)10(13(20)18(2)14(17)21)6-8-7-16-11-9(8)4-3-5-15-11/h3-7,19H,1-2H3/b8-6-. The molecule has 0 spiro atoms. The van der Waals surface area contributed by atoms with Gasteiger partial charge >= 0.3 is 0 Å². The molecule has 0 aliphatic carbocycles. The van der Waals surface area contributed by atoms with Gasteiger partial charge in [-0.1, -0.05) is 0 Å². The van der Waals surface area contributed by atoms with Gasteiger partial charge in [-0.15, -0.1) is 0 Å². The van der Waals surface area contributed by atoms with Crippen LogP contribution in [0.4, 0.5) is 5.82 Å². The second-order valence-corrected chi connectivity index (χ2v) is 5.04. The van der Waals surface area contributed by atoms with Crippen LogP contribution >= 0.6 is 12.2 Å². The van der Waals surface area contributed by atoms with Crippen molar-refractivity contribution in [3.63, 3.8) is 0 Å². The van der Waals surface area contributed by atoms with E-state index in [1.807, 2.05) is 6.07 Å². The highest BCUT2D eigenvalue weighted by Gasteiger charge is 2.16. The highest BCUT2D eigenvalue weighted by atomic mass is 32.1. The van der Waals surface area contributed by atoms with Crippen molar-refractivity contribution in [3.05, 3.63) is 44.6 Å². The molecular formula is C14H12N4O2S. The van der Waals surface area contributed by atoms with Gasteiger partial charge in [0.2, 0.25) is 5.88 Å². The molecule has 1 aliphatic rings. The van der Waals surface area contributed by atoms with E-state index in [1.54, 1.807) is 38.6 Å². The quantitative estimate of drug-likeness (QED) is 0.815. The molecular weight excluding hydrogens is 288 g/mol. The maximum absolute atomic E-state index is 12.3. The molecule has 0 saturated heterocycles. The molecule has 1 aliphatic heterocycles. The Hall–Kier alpha value is -2.54. The summed E-state index contributed by atoms with van der Waals surface area (Å²) in [6.45, 7) is 0. The third-order valence-electron chi connectivity index (χ3n) is 3.39. The maximum Gasteiger partial charge on any atom is 0.265 e. The summed E-state index contributed by atoms with van der Waals surface area (Å²) in [5, 5.41) is 10.2. The van der Waals surface area contributed by atoms with E-state index < -0.39 is 0 Å². The summed E-state index contributed by atoms with van der Waals surface area (Å²) in [5.74, 6) is 0.436. The Balaban J connectivity index is 2.26. The molecule has 106 valence electrons. The predicted molar refractivity (Wildman–Crippen MR) is 83.4 cm³/mol. The first-order valence-electron chi connectivity index (χ1n) is 6.21. The normalized spacial score (nSPS) is 14.7. The molecule has 0 unspecified atom stereocenters. The zero-order valence-corrected chi connectivity index (χ0v) is 12.3. The van der Waals surface area contributed by atoms with Crippen LogP contribution in [-0.4, -0.2) is 25.4 Å². The zero-order valence-electron chi connectivity index (χ0n) is 11.4. The smallest absolute Gasteiger partial charge is 0.265 e. The predicted octanol–water partition coefficient (Wildman–Crippen LogP) is 1.81. The Morgan fingerprint density at radius 1 is 1.33 bits per heavy atom. The minimum atomic E-state index is -0.353. The summed E-state index contributed by atoms with van der Waals surface area (Å²) < 4.78 is 2.96. The summed E-state index contributed by atoms with van der Waals surface area (Å²) in [6.07, 6.45) is 4.88. The van der Waals surface area contributed by atoms with Gasteiger partial charge in [0.1, 0.15) is 5.56 Å². The first-order valence-corrected chi connectivity index (χ1v) is 6.61. The van der Waals surface area contributed by atoms with E-state index >= 15 is 0 Å². The van der Waals surface area contributed by atoms with Gasteiger partial charge in [0.25, 0.3) is 5.56 Å². The van der Waals surface area contributed by atoms with Gasteiger partial charge in [-0.05, 0) is 30.4 Å². The molecule has 0 bridgehead atoms. The third kappa shape index (κ3) is 2.02. The second-order valence-electron chi connectivity index (χ2n) is 4.68. The molecule has 3 heterocycles. The van der Waals surface area contributed by atoms with Crippen LogP contribution in [0.1, 0.15) is 11.1 Å². The molecule has 1 N–H and O–H groups in total. The summed E-state index contributed by atoms with van der Waals surface area (Å²) in [6, 6.07) is 3.66. The Bertz CT molecular complexity index is 922. The third-order valence-corrected chi connectivity index (χ3v) is 3.94. The van der Waals surface area contributed by atoms with Crippen LogP contribution in [0.2, 0.25) is 0 Å². The number of fused-ring (bicyclic) bond motifs is 1. The minimum absolute atomic E-state index is 0.165. The van der Waals surface area contributed by atoms with Crippen LogP contribution in [0.25, 0.3) is 11.6 Å². The lowest BCUT2D eigenvalue weighted by Gasteiger charge is -2.10. The van der Waals surface area contributed by atoms with E-state index in [0.29, 0.717) is 5.82 Å². The van der Waals surface area contributed by atoms with Crippen LogP contribution in [0.5, 0.6) is 5.88 Å². The van der Waals surface area contributed by atoms with E-state index in [-0.39, 0.29) is 21.8 Å². The number of aliphatic imine (C=N–C) groups is 1. The molecule has 0 aromatic carbocycles. The molecule has 2 aromatic rings. The van der Waals surface area contributed by atoms with Crippen LogP contribution in [0.15, 0.2) is 28.1 Å². The van der Waals surface area contributed by atoms with Crippen molar-refractivity contribution in [2.75, 3.05) is 0 Å². The van der Waals surface area contributed by atoms with Gasteiger partial charge in [0, 0.05) is 37.6 Å². The number of hydrogen-bond acceptors (Lipinski definition) is 5. The van der Waals surface area contributed by atoms with Crippen LogP contribution in [-0.2, 0) is 14.1 Å². The SMILES string of the molecule is Cn1c(O)c(/C=C2/C=Nc3ncccc32)c(=O)n(C)c1=S. The summed E-state index contributed by atoms with van der Waals surface area (Å²) >= 11 is 5.08. The summed E-state index contributed by atoms with van der Waals surface area (Å²) in [4.78, 5) is 20.6. The second kappa shape index (κ2) is 4.78. The van der Waals surface area contributed by atoms with Gasteiger partial charge < -0.3 is 5.11 Å². The Morgan fingerprint density at radius 3 is 2.86 bits per heavy atom. The Labute approximate surface area is 125 Å². The van der Waals surface area contributed by atoms with Crippen molar-refractivity contribution in [1.82, 2.24) is 14.1 Å². The molecule has 7 heteroatoms. The van der Waals surface area contributed by atoms with E-state index in [1.165, 1.54) is 9.13 Å². The number of aromatic hydroxyl groups is 1. The Morgan fingerprint density at radius 2 is 2.10 bits per heavy atom. The number of aromatic nitrogens is 3. The highest BCUT2D eigenvalue weighted by Crippen LogP contribution is 2.30. The highest BCUT2D eigenvalue weighted by molar-refractivity contribution is 7.71. The summed E-state index contributed by atoms with van der Waals surface area (Å²) in [7, 11) is 3.18. The van der Waals surface area contributed by atoms with Gasteiger partial charge in [0.15, 0.2) is 10.6 Å². The van der Waals surface area contributed by atoms with E-state index in [9.17, 15) is 9.90 Å². The Kier molecular flexibility index (Phi) is 3.06. The fourth-order valence-corrected chi connectivity index (χ4v) is 2.35. The molecule has 6 nitrogen and oxygen atoms in total. The fourth-order valence-electron chi connectivity index (χ4n) is 2.18. The minimum Gasteiger partial charge on any atom is -0.494 e. The maximum atomic E-state index is 12.3. The fraction of sp³-hybridized carbons (Fsp3) is 0.143. The number of allylic oxidation sites excluding steroid dienone is 1. The average molecular weight is 300 g/mol. The number of rotatable bonds is 1. The van der Waals surface area contributed by atoms with Gasteiger partial charge in [-0.25, -0.2) is 9.98 Å². The first kappa shape index (κ1) is 13.4. The largest absolute Gasteiger partial charge is 0.494 e. The van der Waals surface area contributed by atoms with Crippen molar-refractivity contribution >= 4 is 35.9 Å². The van der Waals surface area contributed by atoms with Crippen LogP contribution < -0.4 is 5.56 Å². The van der Waals surface area contributed by atoms with Gasteiger partial charge in [-0.2, -0.15) is 0 Å². The average Bonchev–Trinajstić information content (AvgIpc) is 2.91. The molecule has 0 amide bonds.